The van der Waals surface area contributed by atoms with Crippen LogP contribution >= 0.6 is 0 Å². The number of nitrogens with one attached hydrogen (secondary N) is 3. The molecule has 114 valence electrons. The molecule has 0 aliphatic carbocycles. The fourth-order valence-corrected chi connectivity index (χ4v) is 2.32. The second-order valence-electron chi connectivity index (χ2n) is 5.09. The van der Waals surface area contributed by atoms with Crippen molar-refractivity contribution in [2.24, 2.45) is 7.05 Å². The Morgan fingerprint density at radius 3 is 2.95 bits per heavy atom. The lowest BCUT2D eigenvalue weighted by Gasteiger charge is -2.05. The molecule has 1 amide bonds. The lowest BCUT2D eigenvalue weighted by atomic mass is 10.1. The van der Waals surface area contributed by atoms with Crippen molar-refractivity contribution >= 4 is 16.8 Å². The normalized spacial score (nSPS) is 11.0. The van der Waals surface area contributed by atoms with E-state index in [4.69, 9.17) is 0 Å². The first-order chi connectivity index (χ1) is 10.7. The monoisotopic (exact) mass is 298 g/mol. The van der Waals surface area contributed by atoms with Gasteiger partial charge in [0.05, 0.1) is 11.7 Å². The van der Waals surface area contributed by atoms with Gasteiger partial charge in [0.2, 0.25) is 0 Å². The van der Waals surface area contributed by atoms with Gasteiger partial charge in [0.25, 0.3) is 5.91 Å². The zero-order chi connectivity index (χ0) is 15.5. The quantitative estimate of drug-likeness (QED) is 0.611. The standard InChI is InChI=1S/C15H18N6O/c1-16-5-6-17-15(22)10-3-4-13-12(7-10)14(20-19-13)11-8-18-21(2)9-11/h3-4,7-9,16H,5-6H2,1-2H3,(H,17,22)(H,19,20). The second-order valence-corrected chi connectivity index (χ2v) is 5.09. The van der Waals surface area contributed by atoms with E-state index in [0.717, 1.165) is 28.7 Å². The number of carbonyl (C=O) groups excluding carboxylic acids is 1. The van der Waals surface area contributed by atoms with Crippen LogP contribution in [0.1, 0.15) is 10.4 Å². The summed E-state index contributed by atoms with van der Waals surface area (Å²) in [5.74, 6) is -0.0875. The Labute approximate surface area is 127 Å². The number of carbonyl (C=O) groups is 1. The van der Waals surface area contributed by atoms with Gasteiger partial charge in [0.1, 0.15) is 5.69 Å². The third-order valence-electron chi connectivity index (χ3n) is 3.46. The Bertz CT molecular complexity index is 803. The highest BCUT2D eigenvalue weighted by molar-refractivity contribution is 6.01. The maximum atomic E-state index is 12.2. The number of benzene rings is 1. The Balaban J connectivity index is 1.93. The van der Waals surface area contributed by atoms with Crippen molar-refractivity contribution in [2.45, 2.75) is 0 Å². The molecule has 0 fully saturated rings. The van der Waals surface area contributed by atoms with E-state index in [1.807, 2.05) is 32.4 Å². The van der Waals surface area contributed by atoms with E-state index < -0.39 is 0 Å². The van der Waals surface area contributed by atoms with Crippen LogP contribution in [0.4, 0.5) is 0 Å². The molecule has 3 aromatic rings. The smallest absolute Gasteiger partial charge is 0.251 e. The number of amides is 1. The van der Waals surface area contributed by atoms with Crippen molar-refractivity contribution in [1.82, 2.24) is 30.6 Å². The van der Waals surface area contributed by atoms with Crippen molar-refractivity contribution in [3.63, 3.8) is 0 Å². The van der Waals surface area contributed by atoms with Crippen LogP contribution in [0, 0.1) is 0 Å². The number of hydrogen-bond acceptors (Lipinski definition) is 4. The van der Waals surface area contributed by atoms with Crippen LogP contribution in [0.2, 0.25) is 0 Å². The number of likely N-dealkylation sites (N-methyl/N-ethyl adjacent to an activating group) is 1. The third-order valence-corrected chi connectivity index (χ3v) is 3.46. The molecule has 1 aromatic carbocycles. The fraction of sp³-hybridized carbons (Fsp3) is 0.267. The number of aromatic amines is 1. The molecule has 0 bridgehead atoms. The van der Waals surface area contributed by atoms with Gasteiger partial charge in [-0.25, -0.2) is 0 Å². The zero-order valence-corrected chi connectivity index (χ0v) is 12.6. The Hall–Kier alpha value is -2.67. The summed E-state index contributed by atoms with van der Waals surface area (Å²) in [6.45, 7) is 1.33. The first kappa shape index (κ1) is 14.3. The minimum Gasteiger partial charge on any atom is -0.351 e. The van der Waals surface area contributed by atoms with Gasteiger partial charge in [-0.3, -0.25) is 14.6 Å². The molecular formula is C15H18N6O. The van der Waals surface area contributed by atoms with Gasteiger partial charge in [0, 0.05) is 42.8 Å². The van der Waals surface area contributed by atoms with E-state index in [-0.39, 0.29) is 5.91 Å². The Morgan fingerprint density at radius 1 is 1.36 bits per heavy atom. The van der Waals surface area contributed by atoms with Crippen molar-refractivity contribution < 1.29 is 4.79 Å². The summed E-state index contributed by atoms with van der Waals surface area (Å²) in [6.07, 6.45) is 3.66. The predicted octanol–water partition coefficient (Wildman–Crippen LogP) is 0.913. The van der Waals surface area contributed by atoms with Crippen LogP contribution in [0.15, 0.2) is 30.6 Å². The zero-order valence-electron chi connectivity index (χ0n) is 12.6. The molecule has 0 atom stereocenters. The number of rotatable bonds is 5. The summed E-state index contributed by atoms with van der Waals surface area (Å²) in [5, 5.41) is 18.3. The topological polar surface area (TPSA) is 87.6 Å². The van der Waals surface area contributed by atoms with Crippen LogP contribution in [0.5, 0.6) is 0 Å². The van der Waals surface area contributed by atoms with E-state index in [9.17, 15) is 4.79 Å². The maximum Gasteiger partial charge on any atom is 0.251 e. The molecule has 0 aliphatic rings. The van der Waals surface area contributed by atoms with Crippen LogP contribution in [-0.2, 0) is 7.05 Å². The lowest BCUT2D eigenvalue weighted by Crippen LogP contribution is -2.30. The Kier molecular flexibility index (Phi) is 3.88. The van der Waals surface area contributed by atoms with E-state index in [0.29, 0.717) is 12.1 Å². The molecular weight excluding hydrogens is 280 g/mol. The molecule has 0 saturated heterocycles. The molecule has 3 N–H and O–H groups in total. The molecule has 2 heterocycles. The summed E-state index contributed by atoms with van der Waals surface area (Å²) < 4.78 is 1.73. The molecule has 0 aliphatic heterocycles. The van der Waals surface area contributed by atoms with Crippen LogP contribution in [-0.4, -0.2) is 46.0 Å². The number of hydrogen-bond donors (Lipinski definition) is 3. The lowest BCUT2D eigenvalue weighted by molar-refractivity contribution is 0.0954. The molecule has 7 heteroatoms. The van der Waals surface area contributed by atoms with Gasteiger partial charge < -0.3 is 10.6 Å². The van der Waals surface area contributed by atoms with Gasteiger partial charge in [0.15, 0.2) is 0 Å². The number of fused-ring (bicyclic) bond motifs is 1. The number of aryl methyl sites for hydroxylation is 1. The van der Waals surface area contributed by atoms with Gasteiger partial charge >= 0.3 is 0 Å². The van der Waals surface area contributed by atoms with Crippen molar-refractivity contribution in [2.75, 3.05) is 20.1 Å². The van der Waals surface area contributed by atoms with Crippen LogP contribution < -0.4 is 10.6 Å². The third kappa shape index (κ3) is 2.71. The van der Waals surface area contributed by atoms with Gasteiger partial charge in [-0.2, -0.15) is 10.2 Å². The van der Waals surface area contributed by atoms with Crippen molar-refractivity contribution in [3.05, 3.63) is 36.2 Å². The van der Waals surface area contributed by atoms with Gasteiger partial charge in [-0.05, 0) is 25.2 Å². The maximum absolute atomic E-state index is 12.2. The highest BCUT2D eigenvalue weighted by Gasteiger charge is 2.12. The highest BCUT2D eigenvalue weighted by Crippen LogP contribution is 2.26. The molecule has 0 spiro atoms. The summed E-state index contributed by atoms with van der Waals surface area (Å²) in [4.78, 5) is 12.2. The molecule has 2 aromatic heterocycles. The van der Waals surface area contributed by atoms with Gasteiger partial charge in [-0.1, -0.05) is 0 Å². The molecule has 0 saturated carbocycles. The van der Waals surface area contributed by atoms with Crippen LogP contribution in [0.3, 0.4) is 0 Å². The average molecular weight is 298 g/mol. The van der Waals surface area contributed by atoms with Crippen LogP contribution in [0.25, 0.3) is 22.2 Å². The average Bonchev–Trinajstić information content (AvgIpc) is 3.12. The van der Waals surface area contributed by atoms with Crippen molar-refractivity contribution in [1.29, 1.82) is 0 Å². The number of H-pyrrole nitrogens is 1. The summed E-state index contributed by atoms with van der Waals surface area (Å²) in [6, 6.07) is 5.52. The molecule has 0 unspecified atom stereocenters. The van der Waals surface area contributed by atoms with E-state index in [2.05, 4.69) is 25.9 Å². The van der Waals surface area contributed by atoms with E-state index in [1.54, 1.807) is 16.9 Å². The molecule has 3 rings (SSSR count). The van der Waals surface area contributed by atoms with E-state index in [1.165, 1.54) is 0 Å². The largest absolute Gasteiger partial charge is 0.351 e. The number of nitrogens with zero attached hydrogens (tertiary/aromatic N) is 3. The van der Waals surface area contributed by atoms with Crippen molar-refractivity contribution in [3.8, 4) is 11.3 Å². The minimum absolute atomic E-state index is 0.0875. The van der Waals surface area contributed by atoms with Gasteiger partial charge in [-0.15, -0.1) is 0 Å². The summed E-state index contributed by atoms with van der Waals surface area (Å²) in [7, 11) is 3.71. The molecule has 7 nitrogen and oxygen atoms in total. The molecule has 22 heavy (non-hydrogen) atoms. The summed E-state index contributed by atoms with van der Waals surface area (Å²) in [5.41, 5.74) is 3.23. The second kappa shape index (κ2) is 5.98. The fourth-order valence-electron chi connectivity index (χ4n) is 2.32. The predicted molar refractivity (Wildman–Crippen MR) is 84.6 cm³/mol. The van der Waals surface area contributed by atoms with E-state index >= 15 is 0 Å². The first-order valence-electron chi connectivity index (χ1n) is 7.09. The SMILES string of the molecule is CNCCNC(=O)c1ccc2[nH]nc(-c3cnn(C)c3)c2c1. The molecule has 0 radical (unpaired) electrons. The minimum atomic E-state index is -0.0875. The number of aromatic nitrogens is 4. The first-order valence-corrected chi connectivity index (χ1v) is 7.09. The Morgan fingerprint density at radius 2 is 2.23 bits per heavy atom. The summed E-state index contributed by atoms with van der Waals surface area (Å²) >= 11 is 0. The highest BCUT2D eigenvalue weighted by atomic mass is 16.1.